The summed E-state index contributed by atoms with van der Waals surface area (Å²) < 4.78 is 5.26. The highest BCUT2D eigenvalue weighted by Gasteiger charge is 2.43. The van der Waals surface area contributed by atoms with Crippen LogP contribution < -0.4 is 47.9 Å². The third kappa shape index (κ3) is 21.3. The Morgan fingerprint density at radius 2 is 1.12 bits per heavy atom. The zero-order chi connectivity index (χ0) is 63.7. The van der Waals surface area contributed by atoms with Crippen molar-refractivity contribution in [3.8, 4) is 0 Å². The van der Waals surface area contributed by atoms with E-state index in [4.69, 9.17) is 4.42 Å². The molecule has 1 aromatic heterocycles. The Hall–Kier alpha value is -6.13. The van der Waals surface area contributed by atoms with Gasteiger partial charge < -0.3 is 62.1 Å². The first-order valence-corrected chi connectivity index (χ1v) is 32.0. The monoisotopic (exact) mass is 1210 g/mol. The number of oxazole rings is 1. The van der Waals surface area contributed by atoms with Gasteiger partial charge in [0.2, 0.25) is 53.2 Å². The molecular formula is C63H106N12O11. The molecule has 2 saturated heterocycles. The molecule has 0 bridgehead atoms. The van der Waals surface area contributed by atoms with Crippen molar-refractivity contribution in [1.29, 1.82) is 0 Å². The number of piperidine rings is 1. The highest BCUT2D eigenvalue weighted by atomic mass is 16.3. The van der Waals surface area contributed by atoms with Crippen LogP contribution in [0.25, 0.3) is 0 Å². The van der Waals surface area contributed by atoms with E-state index in [0.717, 1.165) is 71.0 Å². The van der Waals surface area contributed by atoms with E-state index < -0.39 is 100.0 Å². The van der Waals surface area contributed by atoms with Crippen molar-refractivity contribution in [2.75, 3.05) is 32.7 Å². The highest BCUT2D eigenvalue weighted by Crippen LogP contribution is 2.34. The average Bonchev–Trinajstić information content (AvgIpc) is 1.88. The van der Waals surface area contributed by atoms with Gasteiger partial charge in [-0.25, -0.2) is 4.98 Å². The Balaban J connectivity index is 1.19. The second kappa shape index (κ2) is 31.7. The van der Waals surface area contributed by atoms with Crippen LogP contribution in [0.3, 0.4) is 0 Å². The van der Waals surface area contributed by atoms with Crippen molar-refractivity contribution in [3.05, 3.63) is 17.8 Å². The summed E-state index contributed by atoms with van der Waals surface area (Å²) in [6.45, 7) is 25.2. The number of aryl methyl sites for hydroxylation is 1. The van der Waals surface area contributed by atoms with Crippen LogP contribution in [0.15, 0.2) is 10.7 Å². The molecule has 5 rings (SSSR count). The predicted molar refractivity (Wildman–Crippen MR) is 327 cm³/mol. The molecule has 23 heteroatoms. The summed E-state index contributed by atoms with van der Waals surface area (Å²) in [5.41, 5.74) is -4.81. The summed E-state index contributed by atoms with van der Waals surface area (Å²) >= 11 is 0. The van der Waals surface area contributed by atoms with E-state index in [-0.39, 0.29) is 67.1 Å². The zero-order valence-corrected chi connectivity index (χ0v) is 54.1. The molecule has 4 aliphatic rings. The lowest BCUT2D eigenvalue weighted by Gasteiger charge is -2.46. The van der Waals surface area contributed by atoms with Crippen molar-refractivity contribution in [1.82, 2.24) is 62.6 Å². The summed E-state index contributed by atoms with van der Waals surface area (Å²) in [5, 5.41) is 25.8. The van der Waals surface area contributed by atoms with Gasteiger partial charge >= 0.3 is 0 Å². The summed E-state index contributed by atoms with van der Waals surface area (Å²) in [5.74, 6) is -5.18. The van der Waals surface area contributed by atoms with E-state index in [1.54, 1.807) is 6.92 Å². The maximum atomic E-state index is 14.4. The minimum atomic E-state index is -1.64. The summed E-state index contributed by atoms with van der Waals surface area (Å²) in [6.07, 6.45) is 15.6. The van der Waals surface area contributed by atoms with Crippen molar-refractivity contribution in [2.24, 2.45) is 23.7 Å². The summed E-state index contributed by atoms with van der Waals surface area (Å²) in [6, 6.07) is -5.34. The molecule has 10 amide bonds. The summed E-state index contributed by atoms with van der Waals surface area (Å²) in [7, 11) is 0. The van der Waals surface area contributed by atoms with Gasteiger partial charge in [-0.3, -0.25) is 47.9 Å². The number of carbonyl (C=O) groups is 10. The Morgan fingerprint density at radius 3 is 1.64 bits per heavy atom. The van der Waals surface area contributed by atoms with Crippen molar-refractivity contribution < 1.29 is 52.4 Å². The number of hydrogen-bond acceptors (Lipinski definition) is 13. The summed E-state index contributed by atoms with van der Waals surface area (Å²) in [4.78, 5) is 148. The molecule has 86 heavy (non-hydrogen) atoms. The van der Waals surface area contributed by atoms with E-state index in [1.165, 1.54) is 72.0 Å². The molecule has 3 heterocycles. The van der Waals surface area contributed by atoms with Crippen LogP contribution in [0.4, 0.5) is 0 Å². The smallest absolute Gasteiger partial charge is 0.276 e. The van der Waals surface area contributed by atoms with Gasteiger partial charge in [0.05, 0.1) is 5.54 Å². The first kappa shape index (κ1) is 70.6. The fourth-order valence-electron chi connectivity index (χ4n) is 12.0. The maximum Gasteiger partial charge on any atom is 0.276 e. The Kier molecular flexibility index (Phi) is 26.0. The van der Waals surface area contributed by atoms with Gasteiger partial charge in [0.1, 0.15) is 53.1 Å². The molecule has 484 valence electrons. The lowest BCUT2D eigenvalue weighted by molar-refractivity contribution is -0.139. The average molecular weight is 1210 g/mol. The third-order valence-electron chi connectivity index (χ3n) is 17.2. The largest absolute Gasteiger partial charge is 0.448 e. The molecule has 2 aliphatic heterocycles. The molecule has 5 atom stereocenters. The fourth-order valence-corrected chi connectivity index (χ4v) is 12.0. The SMILES string of the molecule is Cc1nc(C(=O)N2CCC[C@H]2C(=O)NC(CCC2CCCCC2)C(=O)NC(CC(C)C)C(=O)NC(C)(C)C(=O)NC(CC(C)C)C(=O)NC(CC(C)C)C(=O)NC(C)(C)C(=O)NC(C)(C)C(=O)NCCC(=O)NC2(CN3CCCCC3)CCC2)co1. The van der Waals surface area contributed by atoms with Crippen LogP contribution in [-0.4, -0.2) is 159 Å². The minimum Gasteiger partial charge on any atom is -0.448 e. The molecule has 2 aliphatic carbocycles. The molecule has 1 aromatic rings. The van der Waals surface area contributed by atoms with Crippen molar-refractivity contribution >= 4 is 59.1 Å². The van der Waals surface area contributed by atoms with Gasteiger partial charge in [-0.05, 0) is 155 Å². The second-order valence-electron chi connectivity index (χ2n) is 27.9. The number of carbonyl (C=O) groups excluding carboxylic acids is 10. The first-order valence-electron chi connectivity index (χ1n) is 32.0. The van der Waals surface area contributed by atoms with E-state index in [2.05, 4.69) is 57.7 Å². The predicted octanol–water partition coefficient (Wildman–Crippen LogP) is 4.74. The number of amides is 10. The topological polar surface area (TPSA) is 311 Å². The van der Waals surface area contributed by atoms with Gasteiger partial charge in [-0.15, -0.1) is 0 Å². The molecule has 23 nitrogen and oxygen atoms in total. The minimum absolute atomic E-state index is 0.0630. The number of rotatable bonds is 31. The number of nitrogens with one attached hydrogen (secondary N) is 9. The molecule has 4 unspecified atom stereocenters. The molecule has 0 spiro atoms. The number of aromatic nitrogens is 1. The van der Waals surface area contributed by atoms with Crippen LogP contribution in [0.1, 0.15) is 221 Å². The third-order valence-corrected chi connectivity index (χ3v) is 17.2. The zero-order valence-electron chi connectivity index (χ0n) is 54.1. The van der Waals surface area contributed by atoms with E-state index in [0.29, 0.717) is 44.0 Å². The normalized spacial score (nSPS) is 19.1. The van der Waals surface area contributed by atoms with Crippen molar-refractivity contribution in [2.45, 2.75) is 264 Å². The van der Waals surface area contributed by atoms with E-state index in [1.807, 2.05) is 41.5 Å². The van der Waals surface area contributed by atoms with Gasteiger partial charge in [0, 0.05) is 33.0 Å². The highest BCUT2D eigenvalue weighted by molar-refractivity contribution is 6.00. The lowest BCUT2D eigenvalue weighted by atomic mass is 9.76. The van der Waals surface area contributed by atoms with E-state index in [9.17, 15) is 47.9 Å². The van der Waals surface area contributed by atoms with Crippen LogP contribution in [0, 0.1) is 30.6 Å². The number of likely N-dealkylation sites (tertiary alicyclic amines) is 2. The molecule has 4 fully saturated rings. The molecule has 0 radical (unpaired) electrons. The van der Waals surface area contributed by atoms with Gasteiger partial charge in [-0.2, -0.15) is 0 Å². The Labute approximate surface area is 510 Å². The molecule has 2 saturated carbocycles. The van der Waals surface area contributed by atoms with Gasteiger partial charge in [0.15, 0.2) is 11.6 Å². The number of nitrogens with zero attached hydrogens (tertiary/aromatic N) is 3. The Morgan fingerprint density at radius 1 is 0.593 bits per heavy atom. The lowest BCUT2D eigenvalue weighted by Crippen LogP contribution is -2.65. The molecular weight excluding hydrogens is 1100 g/mol. The fraction of sp³-hybridized carbons (Fsp3) is 0.794. The van der Waals surface area contributed by atoms with Crippen LogP contribution in [0.2, 0.25) is 0 Å². The van der Waals surface area contributed by atoms with Crippen LogP contribution in [0.5, 0.6) is 0 Å². The van der Waals surface area contributed by atoms with Crippen LogP contribution in [-0.2, 0) is 43.2 Å². The molecule has 0 aromatic carbocycles. The number of hydrogen-bond donors (Lipinski definition) is 9. The first-order chi connectivity index (χ1) is 40.3. The Bertz CT molecular complexity index is 2510. The van der Waals surface area contributed by atoms with E-state index >= 15 is 0 Å². The maximum absolute atomic E-state index is 14.4. The van der Waals surface area contributed by atoms with Crippen LogP contribution >= 0.6 is 0 Å². The second-order valence-corrected chi connectivity index (χ2v) is 27.9. The van der Waals surface area contributed by atoms with Crippen molar-refractivity contribution in [3.63, 3.8) is 0 Å². The van der Waals surface area contributed by atoms with Gasteiger partial charge in [0.25, 0.3) is 5.91 Å². The molecule has 9 N–H and O–H groups in total. The quantitative estimate of drug-likeness (QED) is 0.0486. The van der Waals surface area contributed by atoms with Gasteiger partial charge in [-0.1, -0.05) is 80.1 Å². The standard InChI is InChI=1S/C63H106N12O11/c1-39(2)34-45(52(78)68-47(36-41(5)6)54(80)72-62(12,13)59(85)73-60(8,9)57(83)64-30-27-50(76)70-63(28-21-29-63)38-74-31-18-15-19-32-74)69-58(84)61(10,11)71-53(79)46(35-40(3)4)67-51(77)44(26-25-43-22-16-14-17-23-43)66-55(81)49-24-20-33-75(49)56(82)48-37-86-42(7)65-48/h37,39-41,43-47,49H,14-36,38H2,1-13H3,(H,64,83)(H,66,81)(H,67,77)(H,68,78)(H,69,84)(H,70,76)(H,71,79)(H,72,80)(H,73,85)/t44?,45?,46?,47?,49-/m0/s1.